The van der Waals surface area contributed by atoms with Crippen molar-refractivity contribution >= 4 is 32.6 Å². The van der Waals surface area contributed by atoms with E-state index < -0.39 is 28.5 Å². The van der Waals surface area contributed by atoms with Crippen molar-refractivity contribution < 1.29 is 22.7 Å². The monoisotopic (exact) mass is 511 g/mol. The number of hydrogen-bond donors (Lipinski definition) is 1. The van der Waals surface area contributed by atoms with Crippen molar-refractivity contribution in [3.05, 3.63) is 72.3 Å². The molecule has 3 rings (SSSR count). The molecule has 0 heterocycles. The lowest BCUT2D eigenvalue weighted by Gasteiger charge is -2.31. The Morgan fingerprint density at radius 1 is 0.944 bits per heavy atom. The quantitative estimate of drug-likeness (QED) is 0.450. The summed E-state index contributed by atoms with van der Waals surface area (Å²) in [6.45, 7) is 5.00. The van der Waals surface area contributed by atoms with Gasteiger partial charge in [-0.3, -0.25) is 9.59 Å². The molecule has 0 aromatic heterocycles. The van der Waals surface area contributed by atoms with Crippen molar-refractivity contribution in [1.82, 2.24) is 14.5 Å². The molecule has 0 spiro atoms. The number of ether oxygens (including phenoxy) is 1. The molecule has 192 valence electrons. The summed E-state index contributed by atoms with van der Waals surface area (Å²) in [5.41, 5.74) is 0.756. The van der Waals surface area contributed by atoms with Crippen LogP contribution in [0.25, 0.3) is 10.8 Å². The predicted octanol–water partition coefficient (Wildman–Crippen LogP) is 3.41. The zero-order valence-corrected chi connectivity index (χ0v) is 22.1. The minimum Gasteiger partial charge on any atom is -0.497 e. The first kappa shape index (κ1) is 27.2. The summed E-state index contributed by atoms with van der Waals surface area (Å²) in [4.78, 5) is 27.7. The van der Waals surface area contributed by atoms with E-state index >= 15 is 0 Å². The van der Waals surface area contributed by atoms with Crippen molar-refractivity contribution in [2.75, 3.05) is 20.7 Å². The van der Waals surface area contributed by atoms with Crippen LogP contribution < -0.4 is 10.1 Å². The van der Waals surface area contributed by atoms with Gasteiger partial charge in [-0.1, -0.05) is 42.5 Å². The molecule has 3 aromatic rings. The number of nitrogens with zero attached hydrogens (tertiary/aromatic N) is 2. The maximum Gasteiger partial charge on any atom is 0.243 e. The van der Waals surface area contributed by atoms with Gasteiger partial charge in [0.1, 0.15) is 11.8 Å². The number of sulfonamides is 1. The van der Waals surface area contributed by atoms with Crippen LogP contribution >= 0.6 is 0 Å². The van der Waals surface area contributed by atoms with E-state index in [1.54, 1.807) is 44.4 Å². The normalized spacial score (nSPS) is 12.5. The van der Waals surface area contributed by atoms with Crippen LogP contribution in [0.1, 0.15) is 26.3 Å². The van der Waals surface area contributed by atoms with Crippen molar-refractivity contribution in [1.29, 1.82) is 0 Å². The number of hydrogen-bond acceptors (Lipinski definition) is 5. The Bertz CT molecular complexity index is 1340. The fraction of sp³-hybridized carbons (Fsp3) is 0.333. The van der Waals surface area contributed by atoms with Gasteiger partial charge in [0, 0.05) is 19.6 Å². The van der Waals surface area contributed by atoms with E-state index in [2.05, 4.69) is 5.32 Å². The van der Waals surface area contributed by atoms with Crippen LogP contribution in [0.5, 0.6) is 5.75 Å². The number of methoxy groups -OCH3 is 1. The Kier molecular flexibility index (Phi) is 8.70. The minimum atomic E-state index is -3.94. The molecule has 9 heteroatoms. The van der Waals surface area contributed by atoms with E-state index in [1.165, 1.54) is 18.0 Å². The van der Waals surface area contributed by atoms with Gasteiger partial charge < -0.3 is 15.0 Å². The molecule has 0 saturated heterocycles. The molecule has 1 atom stereocenters. The van der Waals surface area contributed by atoms with Gasteiger partial charge in [0.2, 0.25) is 21.8 Å². The maximum absolute atomic E-state index is 13.4. The van der Waals surface area contributed by atoms with Gasteiger partial charge in [-0.05, 0) is 61.4 Å². The Morgan fingerprint density at radius 2 is 1.64 bits per heavy atom. The summed E-state index contributed by atoms with van der Waals surface area (Å²) in [5.74, 6) is -0.187. The fourth-order valence-corrected chi connectivity index (χ4v) is 4.99. The van der Waals surface area contributed by atoms with E-state index in [0.29, 0.717) is 5.75 Å². The van der Waals surface area contributed by atoms with E-state index in [0.717, 1.165) is 20.6 Å². The van der Waals surface area contributed by atoms with Crippen molar-refractivity contribution in [2.45, 2.75) is 44.3 Å². The zero-order valence-electron chi connectivity index (χ0n) is 21.3. The number of likely N-dealkylation sites (N-methyl/N-ethyl adjacent to an activating group) is 1. The lowest BCUT2D eigenvalue weighted by molar-refractivity contribution is -0.140. The fourth-order valence-electron chi connectivity index (χ4n) is 3.83. The van der Waals surface area contributed by atoms with Gasteiger partial charge in [0.15, 0.2) is 0 Å². The number of rotatable bonds is 10. The average Bonchev–Trinajstić information content (AvgIpc) is 2.86. The van der Waals surface area contributed by atoms with Gasteiger partial charge in [-0.2, -0.15) is 4.31 Å². The molecule has 0 radical (unpaired) electrons. The highest BCUT2D eigenvalue weighted by atomic mass is 32.2. The van der Waals surface area contributed by atoms with Crippen LogP contribution in [0.4, 0.5) is 0 Å². The lowest BCUT2D eigenvalue weighted by atomic mass is 10.1. The zero-order chi connectivity index (χ0) is 26.5. The molecule has 2 amide bonds. The van der Waals surface area contributed by atoms with Crippen LogP contribution in [0.2, 0.25) is 0 Å². The predicted molar refractivity (Wildman–Crippen MR) is 140 cm³/mol. The number of amides is 2. The van der Waals surface area contributed by atoms with Gasteiger partial charge in [0.05, 0.1) is 18.6 Å². The Hall–Kier alpha value is -3.43. The number of benzene rings is 3. The van der Waals surface area contributed by atoms with Crippen molar-refractivity contribution in [2.24, 2.45) is 0 Å². The highest BCUT2D eigenvalue weighted by molar-refractivity contribution is 7.89. The van der Waals surface area contributed by atoms with E-state index in [4.69, 9.17) is 4.74 Å². The molecule has 0 aliphatic heterocycles. The number of carbonyl (C=O) groups is 2. The summed E-state index contributed by atoms with van der Waals surface area (Å²) in [6.07, 6.45) is 0. The van der Waals surface area contributed by atoms with Gasteiger partial charge in [-0.15, -0.1) is 0 Å². The molecule has 0 aliphatic carbocycles. The first-order valence-corrected chi connectivity index (χ1v) is 13.1. The first-order valence-electron chi connectivity index (χ1n) is 11.7. The SMILES string of the molecule is COc1cccc(CN(C(=O)CN(C)S(=O)(=O)c2ccc3ccccc3c2)[C@H](C)C(=O)NC(C)C)c1. The molecule has 0 saturated carbocycles. The van der Waals surface area contributed by atoms with Crippen LogP contribution in [-0.4, -0.2) is 62.2 Å². The summed E-state index contributed by atoms with van der Waals surface area (Å²) in [5, 5.41) is 4.53. The molecule has 1 N–H and O–H groups in total. The second-order valence-electron chi connectivity index (χ2n) is 8.98. The molecule has 36 heavy (non-hydrogen) atoms. The Balaban J connectivity index is 1.86. The highest BCUT2D eigenvalue weighted by Gasteiger charge is 2.30. The molecule has 0 aliphatic rings. The highest BCUT2D eigenvalue weighted by Crippen LogP contribution is 2.22. The van der Waals surface area contributed by atoms with Crippen LogP contribution in [0.3, 0.4) is 0 Å². The molecule has 8 nitrogen and oxygen atoms in total. The maximum atomic E-state index is 13.4. The number of fused-ring (bicyclic) bond motifs is 1. The third kappa shape index (κ3) is 6.41. The molecule has 0 fully saturated rings. The molecular formula is C27H33N3O5S. The smallest absolute Gasteiger partial charge is 0.243 e. The van der Waals surface area contributed by atoms with Crippen LogP contribution in [-0.2, 0) is 26.2 Å². The van der Waals surface area contributed by atoms with Crippen LogP contribution in [0.15, 0.2) is 71.6 Å². The van der Waals surface area contributed by atoms with Crippen molar-refractivity contribution in [3.63, 3.8) is 0 Å². The number of nitrogens with one attached hydrogen (secondary N) is 1. The molecular weight excluding hydrogens is 478 g/mol. The molecule has 0 unspecified atom stereocenters. The topological polar surface area (TPSA) is 96.0 Å². The Morgan fingerprint density at radius 3 is 2.31 bits per heavy atom. The average molecular weight is 512 g/mol. The van der Waals surface area contributed by atoms with Crippen molar-refractivity contribution in [3.8, 4) is 5.75 Å². The largest absolute Gasteiger partial charge is 0.497 e. The number of carbonyl (C=O) groups excluding carboxylic acids is 2. The third-order valence-corrected chi connectivity index (χ3v) is 7.67. The van der Waals surface area contributed by atoms with E-state index in [9.17, 15) is 18.0 Å². The lowest BCUT2D eigenvalue weighted by Crippen LogP contribution is -2.51. The summed E-state index contributed by atoms with van der Waals surface area (Å²) >= 11 is 0. The van der Waals surface area contributed by atoms with Gasteiger partial charge in [-0.25, -0.2) is 8.42 Å². The third-order valence-electron chi connectivity index (χ3n) is 5.87. The van der Waals surface area contributed by atoms with Gasteiger partial charge in [0.25, 0.3) is 0 Å². The first-order chi connectivity index (χ1) is 17.0. The van der Waals surface area contributed by atoms with Gasteiger partial charge >= 0.3 is 0 Å². The van der Waals surface area contributed by atoms with E-state index in [1.807, 2.05) is 44.2 Å². The summed E-state index contributed by atoms with van der Waals surface area (Å²) in [6, 6.07) is 18.6. The second kappa shape index (κ2) is 11.5. The Labute approximate surface area is 212 Å². The second-order valence-corrected chi connectivity index (χ2v) is 11.0. The molecule has 0 bridgehead atoms. The molecule has 3 aromatic carbocycles. The minimum absolute atomic E-state index is 0.0986. The van der Waals surface area contributed by atoms with E-state index in [-0.39, 0.29) is 23.4 Å². The van der Waals surface area contributed by atoms with Crippen LogP contribution in [0, 0.1) is 0 Å². The summed E-state index contributed by atoms with van der Waals surface area (Å²) in [7, 11) is -1.03. The summed E-state index contributed by atoms with van der Waals surface area (Å²) < 4.78 is 32.9. The standard InChI is InChI=1S/C27H33N3O5S/c1-19(2)28-27(32)20(3)30(17-21-9-8-12-24(15-21)35-5)26(31)18-29(4)36(33,34)25-14-13-22-10-6-7-11-23(22)16-25/h6-16,19-20H,17-18H2,1-5H3,(H,28,32)/t20-/m1/s1.